The van der Waals surface area contributed by atoms with Gasteiger partial charge in [-0.2, -0.15) is 0 Å². The maximum absolute atomic E-state index is 12.1. The summed E-state index contributed by atoms with van der Waals surface area (Å²) in [5, 5.41) is 15.1. The number of hydrogen-bond donors (Lipinski definition) is 3. The van der Waals surface area contributed by atoms with Crippen LogP contribution in [0.25, 0.3) is 0 Å². The van der Waals surface area contributed by atoms with Crippen molar-refractivity contribution in [3.8, 4) is 0 Å². The van der Waals surface area contributed by atoms with E-state index in [9.17, 15) is 4.79 Å². The number of hydrogen-bond acceptors (Lipinski definition) is 7. The second kappa shape index (κ2) is 54.9. The molecule has 0 heterocycles. The summed E-state index contributed by atoms with van der Waals surface area (Å²) in [4.78, 5) is 14.3. The molecule has 0 aromatic heterocycles. The van der Waals surface area contributed by atoms with Crippen LogP contribution in [0.2, 0.25) is 0 Å². The number of aliphatic hydroxyl groups is 1. The van der Waals surface area contributed by atoms with Crippen LogP contribution in [-0.2, 0) is 14.3 Å². The second-order valence-electron chi connectivity index (χ2n) is 17.7. The minimum Gasteiger partial charge on any atom is -0.466 e. The van der Waals surface area contributed by atoms with Crippen molar-refractivity contribution in [3.63, 3.8) is 0 Å². The summed E-state index contributed by atoms with van der Waals surface area (Å²) in [5.41, 5.74) is 0. The molecule has 3 N–H and O–H groups in total. The van der Waals surface area contributed by atoms with Gasteiger partial charge in [0, 0.05) is 19.1 Å². The number of ether oxygens (including phenoxy) is 2. The number of nitrogens with zero attached hydrogens (tertiary/aromatic N) is 1. The van der Waals surface area contributed by atoms with Crippen molar-refractivity contribution in [1.29, 1.82) is 0 Å². The van der Waals surface area contributed by atoms with Gasteiger partial charge in [-0.15, -0.1) is 0 Å². The summed E-state index contributed by atoms with van der Waals surface area (Å²) in [6.07, 6.45) is 43.6. The van der Waals surface area contributed by atoms with E-state index < -0.39 is 0 Å². The monoisotopic (exact) mass is 840 g/mol. The quantitative estimate of drug-likeness (QED) is 0.0320. The fourth-order valence-corrected chi connectivity index (χ4v) is 7.74. The lowest BCUT2D eigenvalue weighted by molar-refractivity contribution is -0.144. The van der Waals surface area contributed by atoms with Gasteiger partial charge in [0.15, 0.2) is 0 Å². The van der Waals surface area contributed by atoms with E-state index in [-0.39, 0.29) is 12.8 Å². The zero-order chi connectivity index (χ0) is 44.3. The molecule has 0 radical (unpaired) electrons. The van der Waals surface area contributed by atoms with Crippen molar-refractivity contribution in [3.05, 3.63) is 12.8 Å². The first-order chi connectivity index (χ1) is 28.8. The molecule has 0 aliphatic rings. The van der Waals surface area contributed by atoms with Gasteiger partial charge in [-0.05, 0) is 90.8 Å². The first-order valence-corrected chi connectivity index (χ1v) is 25.8. The van der Waals surface area contributed by atoms with Gasteiger partial charge in [0.05, 0.1) is 6.61 Å². The Kier molecular flexibility index (Phi) is 57.8. The van der Waals surface area contributed by atoms with Gasteiger partial charge in [0.1, 0.15) is 6.79 Å². The molecule has 1 unspecified atom stereocenters. The van der Waals surface area contributed by atoms with E-state index in [1.807, 2.05) is 13.2 Å². The first-order valence-electron chi connectivity index (χ1n) is 25.8. The Morgan fingerprint density at radius 2 is 0.983 bits per heavy atom. The zero-order valence-electron chi connectivity index (χ0n) is 41.5. The van der Waals surface area contributed by atoms with E-state index >= 15 is 0 Å². The molecule has 0 aromatic carbocycles. The van der Waals surface area contributed by atoms with Crippen LogP contribution in [-0.4, -0.2) is 76.3 Å². The standard InChI is InChI=1S/C32H63NO2.C14H30O2.C6H16N2/c1-5-9-12-13-15-20-25-31(33-8-4)26-21-16-14-17-22-27-32(34)35-29-28-30(23-18-10-6-2)24-19-11-7-3;1-3-5-7-9-14(10-8-6-4-2)11-12-16-13-15;1-7-5-4-6-8(2)3/h8,30-31,33H,4-7,9-29H2,1-3H3;14-15H,3-13H2,1-2H3;7H,4-6H2,1-3H3. The molecule has 0 amide bonds. The van der Waals surface area contributed by atoms with Crippen LogP contribution < -0.4 is 10.6 Å². The fourth-order valence-electron chi connectivity index (χ4n) is 7.74. The predicted octanol–water partition coefficient (Wildman–Crippen LogP) is 14.6. The summed E-state index contributed by atoms with van der Waals surface area (Å²) in [6.45, 7) is 18.7. The third kappa shape index (κ3) is 54.8. The molecule has 0 rings (SSSR count). The van der Waals surface area contributed by atoms with Gasteiger partial charge in [-0.1, -0.05) is 208 Å². The third-order valence-corrected chi connectivity index (χ3v) is 11.6. The topological polar surface area (TPSA) is 83.1 Å². The van der Waals surface area contributed by atoms with E-state index in [1.165, 1.54) is 186 Å². The van der Waals surface area contributed by atoms with Gasteiger partial charge in [-0.3, -0.25) is 4.79 Å². The number of esters is 1. The summed E-state index contributed by atoms with van der Waals surface area (Å²) >= 11 is 0. The van der Waals surface area contributed by atoms with Crippen LogP contribution in [0.4, 0.5) is 0 Å². The van der Waals surface area contributed by atoms with Crippen molar-refractivity contribution < 1.29 is 19.4 Å². The van der Waals surface area contributed by atoms with E-state index in [0.29, 0.717) is 19.1 Å². The minimum atomic E-state index is -0.128. The number of unbranched alkanes of at least 4 members (excludes halogenated alkanes) is 17. The molecular weight excluding hydrogens is 731 g/mol. The lowest BCUT2D eigenvalue weighted by atomic mass is 9.92. The number of carbonyl (C=O) groups excluding carboxylic acids is 1. The highest BCUT2D eigenvalue weighted by Gasteiger charge is 2.11. The lowest BCUT2D eigenvalue weighted by Gasteiger charge is -2.17. The molecule has 0 aliphatic heterocycles. The van der Waals surface area contributed by atoms with E-state index in [4.69, 9.17) is 14.6 Å². The maximum atomic E-state index is 12.1. The van der Waals surface area contributed by atoms with Gasteiger partial charge >= 0.3 is 5.97 Å². The molecule has 7 heteroatoms. The van der Waals surface area contributed by atoms with Crippen LogP contribution in [0.5, 0.6) is 0 Å². The van der Waals surface area contributed by atoms with Gasteiger partial charge in [0.2, 0.25) is 0 Å². The highest BCUT2D eigenvalue weighted by atomic mass is 16.6. The predicted molar refractivity (Wildman–Crippen MR) is 261 cm³/mol. The smallest absolute Gasteiger partial charge is 0.305 e. The molecule has 0 saturated heterocycles. The van der Waals surface area contributed by atoms with Crippen molar-refractivity contribution in [2.75, 3.05) is 54.2 Å². The molecule has 0 spiro atoms. The summed E-state index contributed by atoms with van der Waals surface area (Å²) in [7, 11) is 6.17. The minimum absolute atomic E-state index is 0.0139. The van der Waals surface area contributed by atoms with Crippen LogP contribution in [0.15, 0.2) is 12.8 Å². The highest BCUT2D eigenvalue weighted by Crippen LogP contribution is 2.22. The summed E-state index contributed by atoms with van der Waals surface area (Å²) in [6, 6.07) is 0.585. The molecule has 0 saturated carbocycles. The second-order valence-corrected chi connectivity index (χ2v) is 17.7. The molecular formula is C52H109N3O4. The number of nitrogens with one attached hydrogen (secondary N) is 2. The molecule has 59 heavy (non-hydrogen) atoms. The van der Waals surface area contributed by atoms with Crippen LogP contribution in [0.1, 0.15) is 247 Å². The van der Waals surface area contributed by atoms with E-state index in [1.54, 1.807) is 0 Å². The normalized spacial score (nSPS) is 11.7. The Morgan fingerprint density at radius 1 is 0.576 bits per heavy atom. The van der Waals surface area contributed by atoms with Crippen LogP contribution in [0, 0.1) is 11.8 Å². The molecule has 0 aliphatic carbocycles. The Labute approximate surface area is 371 Å². The molecule has 0 fully saturated rings. The Morgan fingerprint density at radius 3 is 1.41 bits per heavy atom. The average Bonchev–Trinajstić information content (AvgIpc) is 3.22. The largest absolute Gasteiger partial charge is 0.466 e. The van der Waals surface area contributed by atoms with Crippen LogP contribution in [0.3, 0.4) is 0 Å². The molecule has 0 bridgehead atoms. The van der Waals surface area contributed by atoms with Crippen molar-refractivity contribution >= 4 is 5.97 Å². The van der Waals surface area contributed by atoms with Crippen LogP contribution >= 0.6 is 0 Å². The van der Waals surface area contributed by atoms with Gasteiger partial charge in [0.25, 0.3) is 0 Å². The third-order valence-electron chi connectivity index (χ3n) is 11.6. The molecule has 1 atom stereocenters. The van der Waals surface area contributed by atoms with Crippen molar-refractivity contribution in [2.45, 2.75) is 253 Å². The Hall–Kier alpha value is -1.15. The molecule has 0 aromatic rings. The number of carbonyl (C=O) groups is 1. The Balaban J connectivity index is -0.00000107. The van der Waals surface area contributed by atoms with E-state index in [0.717, 1.165) is 50.7 Å². The molecule has 7 nitrogen and oxygen atoms in total. The van der Waals surface area contributed by atoms with Crippen molar-refractivity contribution in [2.24, 2.45) is 11.8 Å². The first kappa shape index (κ1) is 62.1. The highest BCUT2D eigenvalue weighted by molar-refractivity contribution is 5.69. The van der Waals surface area contributed by atoms with E-state index in [2.05, 4.69) is 70.8 Å². The zero-order valence-corrected chi connectivity index (χ0v) is 41.5. The Bertz CT molecular complexity index is 749. The number of aliphatic hydroxyl groups excluding tert-OH is 1. The summed E-state index contributed by atoms with van der Waals surface area (Å²) in [5.74, 6) is 1.56. The van der Waals surface area contributed by atoms with Gasteiger partial charge < -0.3 is 30.1 Å². The SMILES string of the molecule is C=CNC(CCCCCCCC)CCCCCCCC(=O)OCCC(CCCCC)CCCCC.CCCCCC(CCCCC)CCOCO.CNCCCN(C)C. The average molecular weight is 840 g/mol. The number of rotatable bonds is 44. The summed E-state index contributed by atoms with van der Waals surface area (Å²) < 4.78 is 10.6. The molecule has 356 valence electrons. The van der Waals surface area contributed by atoms with Gasteiger partial charge in [-0.25, -0.2) is 0 Å². The fraction of sp³-hybridized carbons (Fsp3) is 0.942. The lowest BCUT2D eigenvalue weighted by Crippen LogP contribution is -2.23. The van der Waals surface area contributed by atoms with Crippen molar-refractivity contribution in [1.82, 2.24) is 15.5 Å². The maximum Gasteiger partial charge on any atom is 0.305 e.